The molecular weight excluding hydrogens is 351 g/mol. The number of rotatable bonds is 3. The Labute approximate surface area is 147 Å². The number of urea groups is 1. The minimum absolute atomic E-state index is 0.184. The van der Waals surface area contributed by atoms with Gasteiger partial charge in [-0.3, -0.25) is 5.32 Å². The van der Waals surface area contributed by atoms with Crippen LogP contribution in [-0.2, 0) is 10.9 Å². The summed E-state index contributed by atoms with van der Waals surface area (Å²) in [6.45, 7) is 2.45. The second kappa shape index (κ2) is 7.56. The molecule has 1 fully saturated rings. The monoisotopic (exact) mass is 367 g/mol. The Morgan fingerprint density at radius 1 is 1.12 bits per heavy atom. The number of anilines is 3. The van der Waals surface area contributed by atoms with Crippen molar-refractivity contribution in [2.75, 3.05) is 41.8 Å². The molecule has 2 N–H and O–H groups in total. The van der Waals surface area contributed by atoms with Crippen molar-refractivity contribution in [2.24, 2.45) is 0 Å². The van der Waals surface area contributed by atoms with Crippen LogP contribution in [0.25, 0.3) is 0 Å². The zero-order chi connectivity index (χ0) is 18.6. The topological polar surface area (TPSA) is 79.4 Å². The lowest BCUT2D eigenvalue weighted by atomic mass is 10.1. The average molecular weight is 367 g/mol. The summed E-state index contributed by atoms with van der Waals surface area (Å²) in [7, 11) is 0. The Hall–Kier alpha value is -2.88. The Kier molecular flexibility index (Phi) is 5.21. The first kappa shape index (κ1) is 17.9. The normalized spacial score (nSPS) is 14.8. The van der Waals surface area contributed by atoms with Crippen molar-refractivity contribution in [3.63, 3.8) is 0 Å². The van der Waals surface area contributed by atoms with E-state index in [2.05, 4.69) is 20.6 Å². The van der Waals surface area contributed by atoms with Gasteiger partial charge in [-0.15, -0.1) is 0 Å². The Bertz CT molecular complexity index is 778. The van der Waals surface area contributed by atoms with E-state index in [1.165, 1.54) is 24.5 Å². The summed E-state index contributed by atoms with van der Waals surface area (Å²) in [5, 5.41) is 4.62. The molecule has 26 heavy (non-hydrogen) atoms. The van der Waals surface area contributed by atoms with E-state index in [4.69, 9.17) is 4.74 Å². The van der Waals surface area contributed by atoms with E-state index >= 15 is 0 Å². The van der Waals surface area contributed by atoms with Gasteiger partial charge in [-0.25, -0.2) is 14.8 Å². The maximum absolute atomic E-state index is 13.0. The Morgan fingerprint density at radius 3 is 2.58 bits per heavy atom. The largest absolute Gasteiger partial charge is 0.418 e. The van der Waals surface area contributed by atoms with Crippen LogP contribution in [0.15, 0.2) is 36.7 Å². The van der Waals surface area contributed by atoms with Gasteiger partial charge < -0.3 is 15.0 Å². The molecule has 0 unspecified atom stereocenters. The van der Waals surface area contributed by atoms with Crippen molar-refractivity contribution in [2.45, 2.75) is 6.18 Å². The molecule has 3 rings (SSSR count). The van der Waals surface area contributed by atoms with Gasteiger partial charge in [0, 0.05) is 19.2 Å². The standard InChI is InChI=1S/C16H16F3N5O2/c17-16(18,19)11-3-1-2-4-12(11)22-15(25)23-13-9-14(21-10-20-13)24-5-7-26-8-6-24/h1-4,9-10H,5-8H2,(H2,20,21,22,23,25). The number of aromatic nitrogens is 2. The number of benzene rings is 1. The highest BCUT2D eigenvalue weighted by atomic mass is 19.4. The van der Waals surface area contributed by atoms with Crippen LogP contribution in [-0.4, -0.2) is 42.3 Å². The summed E-state index contributed by atoms with van der Waals surface area (Å²) in [5.74, 6) is 0.790. The van der Waals surface area contributed by atoms with Crippen molar-refractivity contribution in [1.29, 1.82) is 0 Å². The molecule has 2 heterocycles. The molecule has 138 valence electrons. The van der Waals surface area contributed by atoms with Gasteiger partial charge in [0.25, 0.3) is 0 Å². The lowest BCUT2D eigenvalue weighted by Crippen LogP contribution is -2.36. The Balaban J connectivity index is 1.69. The summed E-state index contributed by atoms with van der Waals surface area (Å²) in [6, 6.07) is 5.48. The second-order valence-electron chi connectivity index (χ2n) is 5.48. The van der Waals surface area contributed by atoms with Crippen LogP contribution < -0.4 is 15.5 Å². The van der Waals surface area contributed by atoms with Crippen LogP contribution in [0.5, 0.6) is 0 Å². The first-order valence-corrected chi connectivity index (χ1v) is 7.82. The number of para-hydroxylation sites is 1. The lowest BCUT2D eigenvalue weighted by Gasteiger charge is -2.27. The number of hydrogen-bond acceptors (Lipinski definition) is 5. The number of morpholine rings is 1. The van der Waals surface area contributed by atoms with Gasteiger partial charge in [-0.2, -0.15) is 13.2 Å². The molecule has 0 atom stereocenters. The molecule has 0 aliphatic carbocycles. The molecule has 0 spiro atoms. The molecule has 0 radical (unpaired) electrons. The summed E-state index contributed by atoms with van der Waals surface area (Å²) in [4.78, 5) is 22.1. The van der Waals surface area contributed by atoms with Crippen molar-refractivity contribution in [3.8, 4) is 0 Å². The highest BCUT2D eigenvalue weighted by Gasteiger charge is 2.33. The summed E-state index contributed by atoms with van der Waals surface area (Å²) in [6.07, 6.45) is -3.29. The van der Waals surface area contributed by atoms with E-state index in [9.17, 15) is 18.0 Å². The van der Waals surface area contributed by atoms with E-state index in [1.54, 1.807) is 6.07 Å². The molecule has 2 aromatic rings. The predicted octanol–water partition coefficient (Wildman–Crippen LogP) is 2.98. The first-order valence-electron chi connectivity index (χ1n) is 7.82. The number of carbonyl (C=O) groups is 1. The molecule has 2 amide bonds. The number of halogens is 3. The molecule has 10 heteroatoms. The van der Waals surface area contributed by atoms with Gasteiger partial charge in [0.15, 0.2) is 0 Å². The fraction of sp³-hybridized carbons (Fsp3) is 0.312. The number of nitrogens with one attached hydrogen (secondary N) is 2. The predicted molar refractivity (Wildman–Crippen MR) is 89.1 cm³/mol. The zero-order valence-corrected chi connectivity index (χ0v) is 13.6. The van der Waals surface area contributed by atoms with Gasteiger partial charge in [0.2, 0.25) is 0 Å². The number of nitrogens with zero attached hydrogens (tertiary/aromatic N) is 3. The number of hydrogen-bond donors (Lipinski definition) is 2. The van der Waals surface area contributed by atoms with Crippen LogP contribution in [0.2, 0.25) is 0 Å². The van der Waals surface area contributed by atoms with E-state index in [1.807, 2.05) is 4.90 Å². The quantitative estimate of drug-likeness (QED) is 0.872. The number of alkyl halides is 3. The minimum Gasteiger partial charge on any atom is -0.378 e. The highest BCUT2D eigenvalue weighted by molar-refractivity contribution is 5.99. The second-order valence-corrected chi connectivity index (χ2v) is 5.48. The van der Waals surface area contributed by atoms with E-state index < -0.39 is 17.8 Å². The van der Waals surface area contributed by atoms with Crippen molar-refractivity contribution in [1.82, 2.24) is 9.97 Å². The summed E-state index contributed by atoms with van der Waals surface area (Å²) >= 11 is 0. The average Bonchev–Trinajstić information content (AvgIpc) is 2.62. The minimum atomic E-state index is -4.57. The van der Waals surface area contributed by atoms with E-state index in [0.717, 1.165) is 6.07 Å². The van der Waals surface area contributed by atoms with Gasteiger partial charge in [-0.1, -0.05) is 12.1 Å². The molecule has 0 bridgehead atoms. The molecule has 1 aromatic heterocycles. The maximum atomic E-state index is 13.0. The molecule has 1 saturated heterocycles. The van der Waals surface area contributed by atoms with Crippen molar-refractivity contribution >= 4 is 23.4 Å². The fourth-order valence-electron chi connectivity index (χ4n) is 2.49. The molecule has 1 aliphatic heterocycles. The van der Waals surface area contributed by atoms with E-state index in [-0.39, 0.29) is 11.5 Å². The fourth-order valence-corrected chi connectivity index (χ4v) is 2.49. The van der Waals surface area contributed by atoms with Gasteiger partial charge >= 0.3 is 12.2 Å². The third kappa shape index (κ3) is 4.39. The van der Waals surface area contributed by atoms with Crippen LogP contribution in [0.3, 0.4) is 0 Å². The molecule has 1 aromatic carbocycles. The maximum Gasteiger partial charge on any atom is 0.418 e. The van der Waals surface area contributed by atoms with Crippen LogP contribution in [0, 0.1) is 0 Å². The third-order valence-corrected chi connectivity index (χ3v) is 3.71. The molecular formula is C16H16F3N5O2. The van der Waals surface area contributed by atoms with Crippen molar-refractivity contribution in [3.05, 3.63) is 42.2 Å². The smallest absolute Gasteiger partial charge is 0.378 e. The number of amides is 2. The highest BCUT2D eigenvalue weighted by Crippen LogP contribution is 2.34. The summed E-state index contributed by atoms with van der Waals surface area (Å²) in [5.41, 5.74) is -1.26. The molecule has 1 aliphatic rings. The van der Waals surface area contributed by atoms with Crippen molar-refractivity contribution < 1.29 is 22.7 Å². The van der Waals surface area contributed by atoms with E-state index in [0.29, 0.717) is 32.1 Å². The number of carbonyl (C=O) groups excluding carboxylic acids is 1. The zero-order valence-electron chi connectivity index (χ0n) is 13.6. The van der Waals surface area contributed by atoms with Gasteiger partial charge in [0.05, 0.1) is 24.5 Å². The SMILES string of the molecule is O=C(Nc1cc(N2CCOCC2)ncn1)Nc1ccccc1C(F)(F)F. The first-order chi connectivity index (χ1) is 12.4. The van der Waals surface area contributed by atoms with Crippen LogP contribution in [0.1, 0.15) is 5.56 Å². The van der Waals surface area contributed by atoms with Gasteiger partial charge in [-0.05, 0) is 12.1 Å². The molecule has 0 saturated carbocycles. The summed E-state index contributed by atoms with van der Waals surface area (Å²) < 4.78 is 44.2. The lowest BCUT2D eigenvalue weighted by molar-refractivity contribution is -0.136. The van der Waals surface area contributed by atoms with Crippen LogP contribution >= 0.6 is 0 Å². The third-order valence-electron chi connectivity index (χ3n) is 3.71. The number of ether oxygens (including phenoxy) is 1. The molecule has 7 nitrogen and oxygen atoms in total. The Morgan fingerprint density at radius 2 is 1.85 bits per heavy atom. The van der Waals surface area contributed by atoms with Crippen LogP contribution in [0.4, 0.5) is 35.3 Å². The van der Waals surface area contributed by atoms with Gasteiger partial charge in [0.1, 0.15) is 18.0 Å².